The van der Waals surface area contributed by atoms with Gasteiger partial charge in [-0.25, -0.2) is 0 Å². The highest BCUT2D eigenvalue weighted by atomic mass is 16.5. The van der Waals surface area contributed by atoms with Crippen LogP contribution in [-0.2, 0) is 5.54 Å². The first-order valence-electron chi connectivity index (χ1n) is 5.80. The van der Waals surface area contributed by atoms with Crippen molar-refractivity contribution in [3.8, 4) is 23.0 Å². The van der Waals surface area contributed by atoms with Gasteiger partial charge in [0, 0.05) is 11.6 Å². The van der Waals surface area contributed by atoms with E-state index in [1.54, 1.807) is 32.4 Å². The summed E-state index contributed by atoms with van der Waals surface area (Å²) in [4.78, 5) is 4.29. The lowest BCUT2D eigenvalue weighted by molar-refractivity contribution is 0.389. The third kappa shape index (κ3) is 2.85. The number of aromatic nitrogens is 2. The van der Waals surface area contributed by atoms with Crippen LogP contribution < -0.4 is 15.2 Å². The molecule has 6 heteroatoms. The Kier molecular flexibility index (Phi) is 3.44. The standard InChI is InChI=1S/C13H17N3O3/c1-13(2,14)12-15-11(19-16-12)8-5-9(17-3)7-10(6-8)18-4/h5-7H,14H2,1-4H3. The Morgan fingerprint density at radius 2 is 1.68 bits per heavy atom. The van der Waals surface area contributed by atoms with E-state index in [-0.39, 0.29) is 0 Å². The Hall–Kier alpha value is -2.08. The minimum atomic E-state index is -0.648. The van der Waals surface area contributed by atoms with E-state index in [4.69, 9.17) is 19.7 Å². The molecule has 0 aliphatic carbocycles. The zero-order chi connectivity index (χ0) is 14.0. The molecule has 19 heavy (non-hydrogen) atoms. The number of benzene rings is 1. The summed E-state index contributed by atoms with van der Waals surface area (Å²) < 4.78 is 15.6. The van der Waals surface area contributed by atoms with Crippen molar-refractivity contribution >= 4 is 0 Å². The van der Waals surface area contributed by atoms with Crippen LogP contribution in [0, 0.1) is 0 Å². The van der Waals surface area contributed by atoms with E-state index in [0.717, 1.165) is 5.56 Å². The van der Waals surface area contributed by atoms with E-state index in [9.17, 15) is 0 Å². The van der Waals surface area contributed by atoms with Crippen molar-refractivity contribution < 1.29 is 14.0 Å². The van der Waals surface area contributed by atoms with Crippen LogP contribution in [0.1, 0.15) is 19.7 Å². The monoisotopic (exact) mass is 263 g/mol. The van der Waals surface area contributed by atoms with E-state index in [0.29, 0.717) is 23.2 Å². The molecular weight excluding hydrogens is 246 g/mol. The molecule has 1 heterocycles. The van der Waals surface area contributed by atoms with Gasteiger partial charge in [-0.1, -0.05) is 5.16 Å². The second kappa shape index (κ2) is 4.89. The Bertz CT molecular complexity index is 551. The van der Waals surface area contributed by atoms with Gasteiger partial charge in [0.05, 0.1) is 19.8 Å². The minimum absolute atomic E-state index is 0.380. The Balaban J connectivity index is 2.43. The molecule has 2 rings (SSSR count). The third-order valence-corrected chi connectivity index (χ3v) is 2.60. The number of nitrogens with two attached hydrogens (primary N) is 1. The predicted molar refractivity (Wildman–Crippen MR) is 70.1 cm³/mol. The first-order chi connectivity index (χ1) is 8.94. The van der Waals surface area contributed by atoms with E-state index >= 15 is 0 Å². The molecule has 0 unspecified atom stereocenters. The topological polar surface area (TPSA) is 83.4 Å². The largest absolute Gasteiger partial charge is 0.497 e. The quantitative estimate of drug-likeness (QED) is 0.907. The van der Waals surface area contributed by atoms with E-state index in [1.807, 2.05) is 13.8 Å². The maximum Gasteiger partial charge on any atom is 0.258 e. The molecule has 102 valence electrons. The molecule has 0 radical (unpaired) electrons. The van der Waals surface area contributed by atoms with Gasteiger partial charge in [-0.3, -0.25) is 0 Å². The van der Waals surface area contributed by atoms with Crippen molar-refractivity contribution in [3.63, 3.8) is 0 Å². The smallest absolute Gasteiger partial charge is 0.258 e. The fourth-order valence-electron chi connectivity index (χ4n) is 1.53. The lowest BCUT2D eigenvalue weighted by Crippen LogP contribution is -2.30. The molecule has 6 nitrogen and oxygen atoms in total. The second-order valence-corrected chi connectivity index (χ2v) is 4.75. The van der Waals surface area contributed by atoms with Crippen molar-refractivity contribution in [3.05, 3.63) is 24.0 Å². The zero-order valence-corrected chi connectivity index (χ0v) is 11.4. The minimum Gasteiger partial charge on any atom is -0.497 e. The molecule has 2 N–H and O–H groups in total. The Labute approximate surface area is 111 Å². The normalized spacial score (nSPS) is 11.4. The van der Waals surface area contributed by atoms with Gasteiger partial charge in [0.2, 0.25) is 0 Å². The molecule has 0 aliphatic heterocycles. The van der Waals surface area contributed by atoms with Gasteiger partial charge in [0.25, 0.3) is 5.89 Å². The summed E-state index contributed by atoms with van der Waals surface area (Å²) in [7, 11) is 3.17. The summed E-state index contributed by atoms with van der Waals surface area (Å²) in [6.45, 7) is 3.63. The fraction of sp³-hybridized carbons (Fsp3) is 0.385. The maximum absolute atomic E-state index is 5.93. The van der Waals surface area contributed by atoms with Crippen molar-refractivity contribution in [2.45, 2.75) is 19.4 Å². The number of ether oxygens (including phenoxy) is 2. The van der Waals surface area contributed by atoms with Crippen molar-refractivity contribution in [2.75, 3.05) is 14.2 Å². The van der Waals surface area contributed by atoms with Crippen molar-refractivity contribution in [1.29, 1.82) is 0 Å². The summed E-state index contributed by atoms with van der Waals surface area (Å²) in [5.41, 5.74) is 6.00. The average Bonchev–Trinajstić information content (AvgIpc) is 2.87. The van der Waals surface area contributed by atoms with Crippen LogP contribution in [0.2, 0.25) is 0 Å². The third-order valence-electron chi connectivity index (χ3n) is 2.60. The number of hydrogen-bond acceptors (Lipinski definition) is 6. The summed E-state index contributed by atoms with van der Waals surface area (Å²) in [5.74, 6) is 2.14. The number of rotatable bonds is 4. The van der Waals surface area contributed by atoms with Gasteiger partial charge in [0.1, 0.15) is 11.5 Å². The molecule has 0 fully saturated rings. The lowest BCUT2D eigenvalue weighted by Gasteiger charge is -2.11. The summed E-state index contributed by atoms with van der Waals surface area (Å²) in [5, 5.41) is 3.88. The summed E-state index contributed by atoms with van der Waals surface area (Å²) >= 11 is 0. The number of nitrogens with zero attached hydrogens (tertiary/aromatic N) is 2. The molecule has 0 spiro atoms. The zero-order valence-electron chi connectivity index (χ0n) is 11.4. The molecule has 0 bridgehead atoms. The van der Waals surface area contributed by atoms with Gasteiger partial charge in [-0.05, 0) is 26.0 Å². The van der Waals surface area contributed by atoms with Gasteiger partial charge in [0.15, 0.2) is 5.82 Å². The highest BCUT2D eigenvalue weighted by Gasteiger charge is 2.22. The molecule has 2 aromatic rings. The highest BCUT2D eigenvalue weighted by molar-refractivity contribution is 5.59. The van der Waals surface area contributed by atoms with Crippen LogP contribution in [0.5, 0.6) is 11.5 Å². The van der Waals surface area contributed by atoms with E-state index < -0.39 is 5.54 Å². The van der Waals surface area contributed by atoms with Crippen LogP contribution in [-0.4, -0.2) is 24.4 Å². The van der Waals surface area contributed by atoms with Crippen molar-refractivity contribution in [2.24, 2.45) is 5.73 Å². The van der Waals surface area contributed by atoms with Crippen molar-refractivity contribution in [1.82, 2.24) is 10.1 Å². The first-order valence-corrected chi connectivity index (χ1v) is 5.80. The van der Waals surface area contributed by atoms with Gasteiger partial charge in [-0.2, -0.15) is 4.98 Å². The number of methoxy groups -OCH3 is 2. The van der Waals surface area contributed by atoms with Crippen LogP contribution in [0.15, 0.2) is 22.7 Å². The van der Waals surface area contributed by atoms with Gasteiger partial charge >= 0.3 is 0 Å². The van der Waals surface area contributed by atoms with E-state index in [1.165, 1.54) is 0 Å². The molecular formula is C13H17N3O3. The van der Waals surface area contributed by atoms with Crippen LogP contribution in [0.3, 0.4) is 0 Å². The van der Waals surface area contributed by atoms with Crippen LogP contribution in [0.25, 0.3) is 11.5 Å². The highest BCUT2D eigenvalue weighted by Crippen LogP contribution is 2.29. The number of hydrogen-bond donors (Lipinski definition) is 1. The second-order valence-electron chi connectivity index (χ2n) is 4.75. The van der Waals surface area contributed by atoms with E-state index in [2.05, 4.69) is 10.1 Å². The first kappa shape index (κ1) is 13.4. The molecule has 0 aliphatic rings. The van der Waals surface area contributed by atoms with Crippen LogP contribution in [0.4, 0.5) is 0 Å². The Morgan fingerprint density at radius 1 is 1.11 bits per heavy atom. The molecule has 0 atom stereocenters. The van der Waals surface area contributed by atoms with Gasteiger partial charge in [-0.15, -0.1) is 0 Å². The molecule has 0 saturated heterocycles. The predicted octanol–water partition coefficient (Wildman–Crippen LogP) is 1.95. The average molecular weight is 263 g/mol. The summed E-state index contributed by atoms with van der Waals surface area (Å²) in [6.07, 6.45) is 0. The molecule has 0 saturated carbocycles. The molecule has 0 amide bonds. The Morgan fingerprint density at radius 3 is 2.11 bits per heavy atom. The van der Waals surface area contributed by atoms with Gasteiger partial charge < -0.3 is 19.7 Å². The SMILES string of the molecule is COc1cc(OC)cc(-c2nc(C(C)(C)N)no2)c1. The summed E-state index contributed by atoms with van der Waals surface area (Å²) in [6, 6.07) is 5.36. The maximum atomic E-state index is 5.93. The molecule has 1 aromatic heterocycles. The lowest BCUT2D eigenvalue weighted by atomic mass is 10.1. The van der Waals surface area contributed by atoms with Crippen LogP contribution >= 0.6 is 0 Å². The fourth-order valence-corrected chi connectivity index (χ4v) is 1.53. The molecule has 1 aromatic carbocycles.